The van der Waals surface area contributed by atoms with E-state index in [1.165, 1.54) is 0 Å². The van der Waals surface area contributed by atoms with Crippen molar-refractivity contribution >= 4 is 12.2 Å². The van der Waals surface area contributed by atoms with Gasteiger partial charge >= 0.3 is 0 Å². The fourth-order valence-corrected chi connectivity index (χ4v) is 3.28. The smallest absolute Gasteiger partial charge is 0.243 e. The standard InChI is InChI=1S/C20H21N5O2/c1-12-7-13(2)23-20(22-12)24-21-10-16-8-14(3)25(15(16)4)17-5-6-18-19(9-17)27-11-26-18/h5-10H,11H2,1-4H3,(H,22,23,24)/b21-10-. The van der Waals surface area contributed by atoms with Crippen molar-refractivity contribution in [2.45, 2.75) is 27.7 Å². The van der Waals surface area contributed by atoms with E-state index in [1.807, 2.05) is 38.1 Å². The highest BCUT2D eigenvalue weighted by Gasteiger charge is 2.16. The largest absolute Gasteiger partial charge is 0.454 e. The average Bonchev–Trinajstić information content (AvgIpc) is 3.18. The van der Waals surface area contributed by atoms with Crippen molar-refractivity contribution in [1.82, 2.24) is 14.5 Å². The number of hydrogen-bond acceptors (Lipinski definition) is 6. The lowest BCUT2D eigenvalue weighted by Gasteiger charge is -2.10. The van der Waals surface area contributed by atoms with Gasteiger partial charge in [0.2, 0.25) is 12.7 Å². The number of benzene rings is 1. The van der Waals surface area contributed by atoms with E-state index in [4.69, 9.17) is 9.47 Å². The molecule has 3 aromatic rings. The van der Waals surface area contributed by atoms with Crippen molar-refractivity contribution in [1.29, 1.82) is 0 Å². The molecule has 3 heterocycles. The maximum Gasteiger partial charge on any atom is 0.243 e. The zero-order valence-electron chi connectivity index (χ0n) is 15.8. The molecular formula is C20H21N5O2. The third-order valence-electron chi connectivity index (χ3n) is 4.44. The second-order valence-corrected chi connectivity index (χ2v) is 6.54. The van der Waals surface area contributed by atoms with Crippen molar-refractivity contribution in [3.63, 3.8) is 0 Å². The summed E-state index contributed by atoms with van der Waals surface area (Å²) < 4.78 is 13.1. The van der Waals surface area contributed by atoms with Gasteiger partial charge in [-0.15, -0.1) is 0 Å². The molecule has 1 N–H and O–H groups in total. The maximum atomic E-state index is 5.49. The summed E-state index contributed by atoms with van der Waals surface area (Å²) in [6, 6.07) is 9.96. The van der Waals surface area contributed by atoms with Gasteiger partial charge in [-0.25, -0.2) is 15.4 Å². The fraction of sp³-hybridized carbons (Fsp3) is 0.250. The Morgan fingerprint density at radius 1 is 1.00 bits per heavy atom. The number of fused-ring (bicyclic) bond motifs is 1. The number of nitrogens with zero attached hydrogens (tertiary/aromatic N) is 4. The summed E-state index contributed by atoms with van der Waals surface area (Å²) in [6.45, 7) is 8.26. The first-order chi connectivity index (χ1) is 13.0. The summed E-state index contributed by atoms with van der Waals surface area (Å²) >= 11 is 0. The molecule has 27 heavy (non-hydrogen) atoms. The zero-order chi connectivity index (χ0) is 19.0. The molecule has 1 aliphatic rings. The van der Waals surface area contributed by atoms with Crippen LogP contribution in [0.1, 0.15) is 28.3 Å². The van der Waals surface area contributed by atoms with Gasteiger partial charge in [0.15, 0.2) is 11.5 Å². The van der Waals surface area contributed by atoms with Crippen LogP contribution in [-0.2, 0) is 0 Å². The van der Waals surface area contributed by atoms with Gasteiger partial charge in [0.25, 0.3) is 0 Å². The van der Waals surface area contributed by atoms with Crippen molar-refractivity contribution < 1.29 is 9.47 Å². The number of hydrazone groups is 1. The molecule has 7 heteroatoms. The molecule has 0 saturated carbocycles. The Hall–Kier alpha value is -3.35. The van der Waals surface area contributed by atoms with E-state index in [1.54, 1.807) is 6.21 Å². The molecule has 1 aliphatic heterocycles. The number of anilines is 1. The number of hydrogen-bond donors (Lipinski definition) is 1. The van der Waals surface area contributed by atoms with Crippen LogP contribution in [0.2, 0.25) is 0 Å². The highest BCUT2D eigenvalue weighted by molar-refractivity contribution is 5.82. The van der Waals surface area contributed by atoms with Gasteiger partial charge in [-0.05, 0) is 52.0 Å². The van der Waals surface area contributed by atoms with E-state index in [-0.39, 0.29) is 6.79 Å². The molecule has 0 saturated heterocycles. The van der Waals surface area contributed by atoms with Crippen LogP contribution in [0.5, 0.6) is 11.5 Å². The molecule has 138 valence electrons. The minimum Gasteiger partial charge on any atom is -0.454 e. The molecule has 0 spiro atoms. The zero-order valence-corrected chi connectivity index (χ0v) is 15.8. The summed E-state index contributed by atoms with van der Waals surface area (Å²) in [7, 11) is 0. The Bertz CT molecular complexity index is 1020. The quantitative estimate of drug-likeness (QED) is 0.565. The van der Waals surface area contributed by atoms with Gasteiger partial charge in [-0.3, -0.25) is 0 Å². The van der Waals surface area contributed by atoms with Crippen LogP contribution < -0.4 is 14.9 Å². The lowest BCUT2D eigenvalue weighted by Crippen LogP contribution is -2.01. The minimum absolute atomic E-state index is 0.270. The highest BCUT2D eigenvalue weighted by atomic mass is 16.7. The lowest BCUT2D eigenvalue weighted by molar-refractivity contribution is 0.174. The highest BCUT2D eigenvalue weighted by Crippen LogP contribution is 2.34. The average molecular weight is 363 g/mol. The van der Waals surface area contributed by atoms with Gasteiger partial charge in [-0.2, -0.15) is 5.10 Å². The number of ether oxygens (including phenoxy) is 2. The van der Waals surface area contributed by atoms with E-state index in [0.717, 1.165) is 45.5 Å². The van der Waals surface area contributed by atoms with E-state index in [0.29, 0.717) is 5.95 Å². The summed E-state index contributed by atoms with van der Waals surface area (Å²) in [6.07, 6.45) is 1.78. The van der Waals surface area contributed by atoms with Gasteiger partial charge in [0.05, 0.1) is 6.21 Å². The normalized spacial score (nSPS) is 12.7. The predicted octanol–water partition coefficient (Wildman–Crippen LogP) is 3.68. The number of aryl methyl sites for hydroxylation is 3. The number of aromatic nitrogens is 3. The topological polar surface area (TPSA) is 73.6 Å². The summed E-state index contributed by atoms with van der Waals surface area (Å²) in [4.78, 5) is 8.65. The SMILES string of the molecule is Cc1cc(C)nc(N/N=C\c2cc(C)n(-c3ccc4c(c3)OCO4)c2C)n1. The molecular weight excluding hydrogens is 342 g/mol. The molecule has 0 unspecified atom stereocenters. The van der Waals surface area contributed by atoms with Crippen LogP contribution in [0.4, 0.5) is 5.95 Å². The second-order valence-electron chi connectivity index (χ2n) is 6.54. The van der Waals surface area contributed by atoms with Gasteiger partial charge in [0, 0.05) is 40.1 Å². The van der Waals surface area contributed by atoms with Gasteiger partial charge in [-0.1, -0.05) is 0 Å². The summed E-state index contributed by atoms with van der Waals surface area (Å²) in [5, 5.41) is 4.30. The molecule has 0 atom stereocenters. The van der Waals surface area contributed by atoms with Crippen LogP contribution in [0.3, 0.4) is 0 Å². The van der Waals surface area contributed by atoms with E-state index in [9.17, 15) is 0 Å². The Morgan fingerprint density at radius 2 is 1.74 bits per heavy atom. The number of rotatable bonds is 4. The minimum atomic E-state index is 0.270. The van der Waals surface area contributed by atoms with Crippen LogP contribution in [0, 0.1) is 27.7 Å². The Kier molecular flexibility index (Phi) is 4.27. The molecule has 1 aromatic carbocycles. The summed E-state index contributed by atoms with van der Waals surface area (Å²) in [5.74, 6) is 2.04. The van der Waals surface area contributed by atoms with E-state index < -0.39 is 0 Å². The summed E-state index contributed by atoms with van der Waals surface area (Å²) in [5.41, 5.74) is 8.95. The Morgan fingerprint density at radius 3 is 2.52 bits per heavy atom. The molecule has 0 bridgehead atoms. The second kappa shape index (κ2) is 6.75. The Labute approximate surface area is 157 Å². The predicted molar refractivity (Wildman–Crippen MR) is 104 cm³/mol. The third kappa shape index (κ3) is 3.36. The van der Waals surface area contributed by atoms with Gasteiger partial charge < -0.3 is 14.0 Å². The monoisotopic (exact) mass is 363 g/mol. The molecule has 2 aromatic heterocycles. The molecule has 7 nitrogen and oxygen atoms in total. The first-order valence-electron chi connectivity index (χ1n) is 8.71. The Balaban J connectivity index is 1.59. The molecule has 0 fully saturated rings. The van der Waals surface area contributed by atoms with Crippen LogP contribution in [-0.4, -0.2) is 27.5 Å². The molecule has 0 amide bonds. The third-order valence-corrected chi connectivity index (χ3v) is 4.44. The van der Waals surface area contributed by atoms with Crippen molar-refractivity contribution in [3.05, 3.63) is 58.7 Å². The van der Waals surface area contributed by atoms with Crippen molar-refractivity contribution in [2.24, 2.45) is 5.10 Å². The van der Waals surface area contributed by atoms with Crippen LogP contribution >= 0.6 is 0 Å². The van der Waals surface area contributed by atoms with Crippen LogP contribution in [0.15, 0.2) is 35.4 Å². The van der Waals surface area contributed by atoms with Gasteiger partial charge in [0.1, 0.15) is 0 Å². The van der Waals surface area contributed by atoms with E-state index in [2.05, 4.69) is 45.0 Å². The fourth-order valence-electron chi connectivity index (χ4n) is 3.28. The van der Waals surface area contributed by atoms with Crippen molar-refractivity contribution in [3.8, 4) is 17.2 Å². The molecule has 4 rings (SSSR count). The first kappa shape index (κ1) is 17.1. The van der Waals surface area contributed by atoms with E-state index >= 15 is 0 Å². The van der Waals surface area contributed by atoms with Crippen LogP contribution in [0.25, 0.3) is 5.69 Å². The van der Waals surface area contributed by atoms with Crippen molar-refractivity contribution in [2.75, 3.05) is 12.2 Å². The maximum absolute atomic E-state index is 5.49. The molecule has 0 radical (unpaired) electrons. The lowest BCUT2D eigenvalue weighted by atomic mass is 10.2. The molecule has 0 aliphatic carbocycles. The first-order valence-corrected chi connectivity index (χ1v) is 8.71. The number of nitrogens with one attached hydrogen (secondary N) is 1.